The van der Waals surface area contributed by atoms with E-state index in [1.807, 2.05) is 49.4 Å². The van der Waals surface area contributed by atoms with E-state index in [2.05, 4.69) is 15.5 Å². The van der Waals surface area contributed by atoms with Crippen LogP contribution in [-0.2, 0) is 9.59 Å². The summed E-state index contributed by atoms with van der Waals surface area (Å²) in [4.78, 5) is 22.4. The first-order chi connectivity index (χ1) is 11.5. The summed E-state index contributed by atoms with van der Waals surface area (Å²) < 4.78 is 0. The number of amides is 1. The predicted molar refractivity (Wildman–Crippen MR) is 95.4 cm³/mol. The van der Waals surface area contributed by atoms with Crippen molar-refractivity contribution in [3.05, 3.63) is 48.0 Å². The molecular weight excluding hydrogens is 326 g/mol. The lowest BCUT2D eigenvalue weighted by Crippen LogP contribution is -2.26. The van der Waals surface area contributed by atoms with Gasteiger partial charge in [0, 0.05) is 0 Å². The van der Waals surface area contributed by atoms with E-state index < -0.39 is 11.2 Å². The third-order valence-corrected chi connectivity index (χ3v) is 4.67. The van der Waals surface area contributed by atoms with E-state index in [1.54, 1.807) is 0 Å². The van der Waals surface area contributed by atoms with E-state index in [9.17, 15) is 9.59 Å². The van der Waals surface area contributed by atoms with Crippen molar-refractivity contribution in [1.29, 1.82) is 0 Å². The molecule has 0 aromatic heterocycles. The molecule has 1 atom stereocenters. The van der Waals surface area contributed by atoms with Gasteiger partial charge < -0.3 is 10.4 Å². The van der Waals surface area contributed by atoms with Gasteiger partial charge in [-0.15, -0.1) is 5.10 Å². The van der Waals surface area contributed by atoms with E-state index in [0.717, 1.165) is 28.1 Å². The first-order valence-corrected chi connectivity index (χ1v) is 8.21. The number of nitrogens with one attached hydrogen (secondary N) is 1. The quantitative estimate of drug-likeness (QED) is 0.660. The summed E-state index contributed by atoms with van der Waals surface area (Å²) in [6.07, 6.45) is -0.233. The van der Waals surface area contributed by atoms with Crippen LogP contribution < -0.4 is 5.32 Å². The summed E-state index contributed by atoms with van der Waals surface area (Å²) in [5.74, 6) is -1.36. The Hall–Kier alpha value is -2.67. The van der Waals surface area contributed by atoms with Crippen molar-refractivity contribution in [3.8, 4) is 0 Å². The topological polar surface area (TPSA) is 91.1 Å². The molecule has 6 nitrogen and oxygen atoms in total. The summed E-state index contributed by atoms with van der Waals surface area (Å²) in [5, 5.41) is 21.4. The summed E-state index contributed by atoms with van der Waals surface area (Å²) >= 11 is 1.09. The minimum absolute atomic E-state index is 0.233. The lowest BCUT2D eigenvalue weighted by molar-refractivity contribution is -0.138. The third-order valence-electron chi connectivity index (χ3n) is 3.59. The highest BCUT2D eigenvalue weighted by molar-refractivity contribution is 8.15. The van der Waals surface area contributed by atoms with E-state index in [1.165, 1.54) is 0 Å². The molecular formula is C17H15N3O3S. The molecule has 1 aliphatic heterocycles. The average molecular weight is 341 g/mol. The van der Waals surface area contributed by atoms with Crippen molar-refractivity contribution < 1.29 is 14.7 Å². The standard InChI is InChI=1S/C17H15N3O3S/c1-10(12-7-6-11-4-2-3-5-13(11)8-12)19-20-17-18-16(23)14(24-17)9-15(21)22/h2-8,14H,9H2,1H3,(H,21,22)(H,18,20,23)/b19-10+. The van der Waals surface area contributed by atoms with E-state index in [-0.39, 0.29) is 12.3 Å². The van der Waals surface area contributed by atoms with Gasteiger partial charge in [0.15, 0.2) is 5.17 Å². The summed E-state index contributed by atoms with van der Waals surface area (Å²) in [7, 11) is 0. The fraction of sp³-hybridized carbons (Fsp3) is 0.176. The van der Waals surface area contributed by atoms with Crippen LogP contribution in [0.15, 0.2) is 52.7 Å². The Balaban J connectivity index is 1.78. The Morgan fingerprint density at radius 1 is 1.25 bits per heavy atom. The molecule has 1 fully saturated rings. The molecule has 122 valence electrons. The van der Waals surface area contributed by atoms with Gasteiger partial charge in [-0.2, -0.15) is 5.10 Å². The fourth-order valence-corrected chi connectivity index (χ4v) is 3.25. The molecule has 1 unspecified atom stereocenters. The van der Waals surface area contributed by atoms with Gasteiger partial charge in [-0.05, 0) is 29.3 Å². The third kappa shape index (κ3) is 3.62. The minimum atomic E-state index is -1.01. The number of hydrogen-bond donors (Lipinski definition) is 2. The number of aliphatic carboxylic acids is 1. The molecule has 1 amide bonds. The van der Waals surface area contributed by atoms with Crippen molar-refractivity contribution in [2.24, 2.45) is 10.2 Å². The molecule has 0 radical (unpaired) electrons. The lowest BCUT2D eigenvalue weighted by atomic mass is 10.0. The highest BCUT2D eigenvalue weighted by Crippen LogP contribution is 2.22. The molecule has 1 heterocycles. The van der Waals surface area contributed by atoms with Gasteiger partial charge in [0.25, 0.3) is 0 Å². The normalized spacial score (nSPS) is 19.7. The molecule has 24 heavy (non-hydrogen) atoms. The molecule has 0 saturated carbocycles. The number of carbonyl (C=O) groups excluding carboxylic acids is 1. The van der Waals surface area contributed by atoms with Crippen LogP contribution >= 0.6 is 11.8 Å². The van der Waals surface area contributed by atoms with Crippen molar-refractivity contribution in [2.45, 2.75) is 18.6 Å². The number of amidine groups is 1. The van der Waals surface area contributed by atoms with Crippen LogP contribution in [0.2, 0.25) is 0 Å². The largest absolute Gasteiger partial charge is 0.481 e. The summed E-state index contributed by atoms with van der Waals surface area (Å²) in [6.45, 7) is 1.84. The lowest BCUT2D eigenvalue weighted by Gasteiger charge is -2.02. The number of benzene rings is 2. The van der Waals surface area contributed by atoms with Crippen LogP contribution in [-0.4, -0.2) is 33.1 Å². The first kappa shape index (κ1) is 16.2. The minimum Gasteiger partial charge on any atom is -0.481 e. The average Bonchev–Trinajstić information content (AvgIpc) is 2.91. The summed E-state index contributed by atoms with van der Waals surface area (Å²) in [6, 6.07) is 14.1. The van der Waals surface area contributed by atoms with Crippen LogP contribution in [0.1, 0.15) is 18.9 Å². The Morgan fingerprint density at radius 3 is 2.75 bits per heavy atom. The Labute approximate surface area is 142 Å². The van der Waals surface area contributed by atoms with Gasteiger partial charge in [0.1, 0.15) is 5.25 Å². The monoisotopic (exact) mass is 341 g/mol. The zero-order valence-electron chi connectivity index (χ0n) is 12.9. The molecule has 1 saturated heterocycles. The Bertz CT molecular complexity index is 876. The van der Waals surface area contributed by atoms with Crippen molar-refractivity contribution in [2.75, 3.05) is 0 Å². The predicted octanol–water partition coefficient (Wildman–Crippen LogP) is 2.63. The van der Waals surface area contributed by atoms with Gasteiger partial charge in [0.2, 0.25) is 5.91 Å². The van der Waals surface area contributed by atoms with Gasteiger partial charge in [0.05, 0.1) is 12.1 Å². The zero-order chi connectivity index (χ0) is 17.1. The molecule has 2 N–H and O–H groups in total. The number of rotatable bonds is 4. The number of fused-ring (bicyclic) bond motifs is 1. The number of nitrogens with zero attached hydrogens (tertiary/aromatic N) is 2. The number of carboxylic acids is 1. The van der Waals surface area contributed by atoms with Crippen LogP contribution in [0, 0.1) is 0 Å². The van der Waals surface area contributed by atoms with E-state index in [4.69, 9.17) is 5.11 Å². The van der Waals surface area contributed by atoms with Crippen molar-refractivity contribution in [1.82, 2.24) is 5.32 Å². The Kier molecular flexibility index (Phi) is 4.61. The van der Waals surface area contributed by atoms with Gasteiger partial charge in [-0.1, -0.05) is 48.2 Å². The van der Waals surface area contributed by atoms with Crippen LogP contribution in [0.3, 0.4) is 0 Å². The Morgan fingerprint density at radius 2 is 2.00 bits per heavy atom. The maximum absolute atomic E-state index is 11.7. The van der Waals surface area contributed by atoms with Crippen molar-refractivity contribution in [3.63, 3.8) is 0 Å². The molecule has 7 heteroatoms. The molecule has 2 aromatic carbocycles. The zero-order valence-corrected chi connectivity index (χ0v) is 13.7. The maximum atomic E-state index is 11.7. The molecule has 0 spiro atoms. The second kappa shape index (κ2) is 6.84. The SMILES string of the molecule is C/C(=N\N=C1NC(=O)C(CC(=O)O)S1)c1ccc2ccccc2c1. The maximum Gasteiger partial charge on any atom is 0.305 e. The second-order valence-electron chi connectivity index (χ2n) is 5.35. The number of hydrogen-bond acceptors (Lipinski definition) is 5. The molecule has 1 aliphatic rings. The van der Waals surface area contributed by atoms with Gasteiger partial charge in [-0.3, -0.25) is 9.59 Å². The highest BCUT2D eigenvalue weighted by atomic mass is 32.2. The number of thioether (sulfide) groups is 1. The number of carboxylic acid groups (broad SMARTS) is 1. The summed E-state index contributed by atoms with van der Waals surface area (Å²) in [5.41, 5.74) is 1.65. The smallest absolute Gasteiger partial charge is 0.305 e. The molecule has 2 aromatic rings. The molecule has 3 rings (SSSR count). The van der Waals surface area contributed by atoms with Crippen LogP contribution in [0.5, 0.6) is 0 Å². The first-order valence-electron chi connectivity index (χ1n) is 7.33. The van der Waals surface area contributed by atoms with Crippen LogP contribution in [0.25, 0.3) is 10.8 Å². The van der Waals surface area contributed by atoms with Crippen LogP contribution in [0.4, 0.5) is 0 Å². The van der Waals surface area contributed by atoms with Gasteiger partial charge in [-0.25, -0.2) is 0 Å². The molecule has 0 aliphatic carbocycles. The molecule has 0 bridgehead atoms. The van der Waals surface area contributed by atoms with E-state index >= 15 is 0 Å². The second-order valence-corrected chi connectivity index (χ2v) is 6.54. The van der Waals surface area contributed by atoms with Crippen molar-refractivity contribution >= 4 is 45.3 Å². The number of carbonyl (C=O) groups is 2. The van der Waals surface area contributed by atoms with E-state index in [0.29, 0.717) is 10.9 Å². The van der Waals surface area contributed by atoms with Gasteiger partial charge >= 0.3 is 5.97 Å². The fourth-order valence-electron chi connectivity index (χ4n) is 2.34. The highest BCUT2D eigenvalue weighted by Gasteiger charge is 2.32.